The van der Waals surface area contributed by atoms with Crippen molar-refractivity contribution >= 4 is 17.3 Å². The molecule has 0 aliphatic heterocycles. The molecule has 1 unspecified atom stereocenters. The van der Waals surface area contributed by atoms with Crippen molar-refractivity contribution in [3.05, 3.63) is 21.9 Å². The molecule has 2 nitrogen and oxygen atoms in total. The molecule has 0 aliphatic carbocycles. The summed E-state index contributed by atoms with van der Waals surface area (Å²) in [5.74, 6) is -0.798. The lowest BCUT2D eigenvalue weighted by molar-refractivity contribution is -0.149. The third-order valence-electron chi connectivity index (χ3n) is 1.63. The molecule has 1 heterocycles. The molecule has 0 bridgehead atoms. The molecule has 1 aromatic rings. The number of esters is 1. The Labute approximate surface area is 80.3 Å². The summed E-state index contributed by atoms with van der Waals surface area (Å²) >= 11 is 1.24. The Morgan fingerprint density at radius 1 is 1.77 bits per heavy atom. The summed E-state index contributed by atoms with van der Waals surface area (Å²) in [4.78, 5) is 11.4. The molecule has 0 saturated heterocycles. The van der Waals surface area contributed by atoms with E-state index in [1.54, 1.807) is 25.3 Å². The molecular weight excluding hydrogens is 191 g/mol. The number of rotatable bonds is 3. The standard InChI is InChI=1S/C9H11FO2S/c1-3-12-9(11)7(10)8-6(2)4-5-13-8/h4-5,7H,3H2,1-2H3. The van der Waals surface area contributed by atoms with Gasteiger partial charge in [-0.1, -0.05) is 0 Å². The zero-order valence-electron chi connectivity index (χ0n) is 7.54. The second-order valence-electron chi connectivity index (χ2n) is 2.58. The normalized spacial score (nSPS) is 12.5. The fourth-order valence-electron chi connectivity index (χ4n) is 0.967. The van der Waals surface area contributed by atoms with Crippen molar-refractivity contribution in [2.75, 3.05) is 6.61 Å². The van der Waals surface area contributed by atoms with E-state index in [2.05, 4.69) is 4.74 Å². The van der Waals surface area contributed by atoms with Crippen LogP contribution in [0.2, 0.25) is 0 Å². The Balaban J connectivity index is 2.73. The number of hydrogen-bond donors (Lipinski definition) is 0. The van der Waals surface area contributed by atoms with Gasteiger partial charge in [0.15, 0.2) is 0 Å². The Morgan fingerprint density at radius 3 is 2.92 bits per heavy atom. The summed E-state index contributed by atoms with van der Waals surface area (Å²) in [6, 6.07) is 1.78. The van der Waals surface area contributed by atoms with Crippen molar-refractivity contribution < 1.29 is 13.9 Å². The maximum Gasteiger partial charge on any atom is 0.346 e. The minimum absolute atomic E-state index is 0.212. The van der Waals surface area contributed by atoms with Gasteiger partial charge < -0.3 is 4.74 Å². The van der Waals surface area contributed by atoms with Crippen molar-refractivity contribution in [3.8, 4) is 0 Å². The molecular formula is C9H11FO2S. The molecule has 1 aromatic heterocycles. The van der Waals surface area contributed by atoms with E-state index < -0.39 is 12.1 Å². The minimum Gasteiger partial charge on any atom is -0.464 e. The maximum absolute atomic E-state index is 13.3. The Hall–Kier alpha value is -0.900. The van der Waals surface area contributed by atoms with Gasteiger partial charge in [0.05, 0.1) is 11.5 Å². The van der Waals surface area contributed by atoms with Gasteiger partial charge in [-0.3, -0.25) is 0 Å². The first-order valence-electron chi connectivity index (χ1n) is 4.01. The lowest BCUT2D eigenvalue weighted by Gasteiger charge is -2.05. The average molecular weight is 202 g/mol. The van der Waals surface area contributed by atoms with Crippen LogP contribution in [0.4, 0.5) is 4.39 Å². The SMILES string of the molecule is CCOC(=O)C(F)c1sccc1C. The van der Waals surface area contributed by atoms with Gasteiger partial charge in [0.1, 0.15) is 0 Å². The summed E-state index contributed by atoms with van der Waals surface area (Å²) in [5.41, 5.74) is 0.797. The summed E-state index contributed by atoms with van der Waals surface area (Å²) in [5, 5.41) is 1.76. The second-order valence-corrected chi connectivity index (χ2v) is 3.53. The predicted octanol–water partition coefficient (Wildman–Crippen LogP) is 2.63. The Kier molecular flexibility index (Phi) is 3.42. The topological polar surface area (TPSA) is 26.3 Å². The number of aryl methyl sites for hydroxylation is 1. The zero-order chi connectivity index (χ0) is 9.84. The second kappa shape index (κ2) is 4.37. The molecule has 72 valence electrons. The first-order valence-corrected chi connectivity index (χ1v) is 4.89. The van der Waals surface area contributed by atoms with E-state index in [9.17, 15) is 9.18 Å². The van der Waals surface area contributed by atoms with Crippen molar-refractivity contribution in [1.82, 2.24) is 0 Å². The number of ether oxygens (including phenoxy) is 1. The van der Waals surface area contributed by atoms with Gasteiger partial charge in [0, 0.05) is 0 Å². The Bertz CT molecular complexity index is 296. The average Bonchev–Trinajstić information content (AvgIpc) is 2.50. The molecule has 0 spiro atoms. The number of halogens is 1. The van der Waals surface area contributed by atoms with Crippen LogP contribution in [0.3, 0.4) is 0 Å². The van der Waals surface area contributed by atoms with E-state index in [1.165, 1.54) is 11.3 Å². The van der Waals surface area contributed by atoms with Gasteiger partial charge in [-0.2, -0.15) is 0 Å². The smallest absolute Gasteiger partial charge is 0.346 e. The number of thiophene rings is 1. The van der Waals surface area contributed by atoms with E-state index in [0.29, 0.717) is 4.88 Å². The van der Waals surface area contributed by atoms with Crippen LogP contribution in [0.25, 0.3) is 0 Å². The third-order valence-corrected chi connectivity index (χ3v) is 2.68. The van der Waals surface area contributed by atoms with Crippen molar-refractivity contribution in [2.45, 2.75) is 20.0 Å². The first-order chi connectivity index (χ1) is 6.16. The maximum atomic E-state index is 13.3. The fraction of sp³-hybridized carbons (Fsp3) is 0.444. The molecule has 0 aliphatic rings. The summed E-state index contributed by atoms with van der Waals surface area (Å²) in [6.45, 7) is 3.65. The van der Waals surface area contributed by atoms with Gasteiger partial charge in [-0.15, -0.1) is 11.3 Å². The highest BCUT2D eigenvalue weighted by Crippen LogP contribution is 2.27. The van der Waals surface area contributed by atoms with Crippen LogP contribution in [0, 0.1) is 6.92 Å². The molecule has 1 rings (SSSR count). The van der Waals surface area contributed by atoms with Gasteiger partial charge in [-0.05, 0) is 30.9 Å². The predicted molar refractivity (Wildman–Crippen MR) is 49.5 cm³/mol. The quantitative estimate of drug-likeness (QED) is 0.704. The summed E-state index contributed by atoms with van der Waals surface area (Å²) in [6.07, 6.45) is -1.63. The van der Waals surface area contributed by atoms with Crippen molar-refractivity contribution in [3.63, 3.8) is 0 Å². The zero-order valence-corrected chi connectivity index (χ0v) is 8.36. The van der Waals surface area contributed by atoms with Crippen LogP contribution in [0.1, 0.15) is 23.5 Å². The van der Waals surface area contributed by atoms with Gasteiger partial charge in [-0.25, -0.2) is 9.18 Å². The van der Waals surface area contributed by atoms with Crippen LogP contribution in [0.15, 0.2) is 11.4 Å². The summed E-state index contributed by atoms with van der Waals surface area (Å²) in [7, 11) is 0. The first kappa shape index (κ1) is 10.2. The highest BCUT2D eigenvalue weighted by atomic mass is 32.1. The summed E-state index contributed by atoms with van der Waals surface area (Å²) < 4.78 is 17.9. The van der Waals surface area contributed by atoms with Crippen molar-refractivity contribution in [2.24, 2.45) is 0 Å². The van der Waals surface area contributed by atoms with Crippen LogP contribution in [-0.2, 0) is 9.53 Å². The largest absolute Gasteiger partial charge is 0.464 e. The molecule has 4 heteroatoms. The molecule has 0 saturated carbocycles. The fourth-order valence-corrected chi connectivity index (χ4v) is 1.85. The molecule has 0 aromatic carbocycles. The van der Waals surface area contributed by atoms with E-state index in [-0.39, 0.29) is 6.61 Å². The molecule has 0 N–H and O–H groups in total. The monoisotopic (exact) mass is 202 g/mol. The minimum atomic E-state index is -1.63. The lowest BCUT2D eigenvalue weighted by atomic mass is 10.2. The molecule has 13 heavy (non-hydrogen) atoms. The van der Waals surface area contributed by atoms with Crippen LogP contribution in [-0.4, -0.2) is 12.6 Å². The van der Waals surface area contributed by atoms with Gasteiger partial charge in [0.25, 0.3) is 0 Å². The molecule has 1 atom stereocenters. The number of hydrogen-bond acceptors (Lipinski definition) is 3. The van der Waals surface area contributed by atoms with E-state index in [1.807, 2.05) is 0 Å². The van der Waals surface area contributed by atoms with Gasteiger partial charge in [0.2, 0.25) is 6.17 Å². The van der Waals surface area contributed by atoms with Crippen LogP contribution >= 0.6 is 11.3 Å². The molecule has 0 fully saturated rings. The van der Waals surface area contributed by atoms with Gasteiger partial charge >= 0.3 is 5.97 Å². The molecule has 0 radical (unpaired) electrons. The van der Waals surface area contributed by atoms with Crippen molar-refractivity contribution in [1.29, 1.82) is 0 Å². The molecule has 0 amide bonds. The third kappa shape index (κ3) is 2.28. The number of alkyl halides is 1. The van der Waals surface area contributed by atoms with Crippen LogP contribution < -0.4 is 0 Å². The van der Waals surface area contributed by atoms with E-state index >= 15 is 0 Å². The van der Waals surface area contributed by atoms with Crippen LogP contribution in [0.5, 0.6) is 0 Å². The lowest BCUT2D eigenvalue weighted by Crippen LogP contribution is -2.11. The Morgan fingerprint density at radius 2 is 2.46 bits per heavy atom. The highest BCUT2D eigenvalue weighted by Gasteiger charge is 2.23. The number of carbonyl (C=O) groups is 1. The van der Waals surface area contributed by atoms with E-state index in [0.717, 1.165) is 5.56 Å². The van der Waals surface area contributed by atoms with E-state index in [4.69, 9.17) is 0 Å². The number of carbonyl (C=O) groups excluding carboxylic acids is 1. The highest BCUT2D eigenvalue weighted by molar-refractivity contribution is 7.10.